The molecule has 0 aliphatic carbocycles. The van der Waals surface area contributed by atoms with Gasteiger partial charge in [0.15, 0.2) is 0 Å². The highest BCUT2D eigenvalue weighted by Gasteiger charge is 2.16. The number of hydrogen-bond donors (Lipinski definition) is 3. The monoisotopic (exact) mass is 329 g/mol. The Morgan fingerprint density at radius 3 is 2.92 bits per heavy atom. The Hall–Kier alpha value is -1.85. The van der Waals surface area contributed by atoms with Gasteiger partial charge in [0.1, 0.15) is 0 Å². The maximum atomic E-state index is 12.0. The topological polar surface area (TPSA) is 68.4 Å². The van der Waals surface area contributed by atoms with Gasteiger partial charge in [-0.2, -0.15) is 0 Å². The smallest absolute Gasteiger partial charge is 0.220 e. The summed E-state index contributed by atoms with van der Waals surface area (Å²) in [5, 5.41) is 13.7. The number of para-hydroxylation sites is 1. The van der Waals surface area contributed by atoms with Crippen molar-refractivity contribution in [3.05, 3.63) is 36.0 Å². The fourth-order valence-electron chi connectivity index (χ4n) is 3.35. The van der Waals surface area contributed by atoms with E-state index < -0.39 is 0 Å². The highest BCUT2D eigenvalue weighted by Crippen LogP contribution is 2.18. The summed E-state index contributed by atoms with van der Waals surface area (Å²) in [6.45, 7) is 3.66. The second-order valence-electron chi connectivity index (χ2n) is 6.64. The molecule has 130 valence electrons. The van der Waals surface area contributed by atoms with E-state index in [1.807, 2.05) is 18.3 Å². The number of H-pyrrole nitrogens is 1. The van der Waals surface area contributed by atoms with E-state index in [1.165, 1.54) is 10.9 Å². The second-order valence-corrected chi connectivity index (χ2v) is 6.64. The summed E-state index contributed by atoms with van der Waals surface area (Å²) in [5.74, 6) is 0.120. The summed E-state index contributed by atoms with van der Waals surface area (Å²) in [6.07, 6.45) is 5.88. The molecule has 0 spiro atoms. The van der Waals surface area contributed by atoms with Crippen molar-refractivity contribution in [2.24, 2.45) is 0 Å². The van der Waals surface area contributed by atoms with E-state index in [2.05, 4.69) is 27.3 Å². The Labute approximate surface area is 143 Å². The largest absolute Gasteiger partial charge is 0.393 e. The zero-order valence-electron chi connectivity index (χ0n) is 14.1. The van der Waals surface area contributed by atoms with E-state index in [1.54, 1.807) is 0 Å². The number of fused-ring (bicyclic) bond motifs is 1. The highest BCUT2D eigenvalue weighted by atomic mass is 16.3. The number of hydrogen-bond acceptors (Lipinski definition) is 3. The number of likely N-dealkylation sites (tertiary alicyclic amines) is 1. The van der Waals surface area contributed by atoms with Crippen LogP contribution in [0.5, 0.6) is 0 Å². The lowest BCUT2D eigenvalue weighted by Crippen LogP contribution is -2.37. The first-order chi connectivity index (χ1) is 11.7. The first kappa shape index (κ1) is 17.0. The summed E-state index contributed by atoms with van der Waals surface area (Å²) >= 11 is 0. The number of aliphatic hydroxyl groups excluding tert-OH is 1. The summed E-state index contributed by atoms with van der Waals surface area (Å²) in [6, 6.07) is 8.19. The Morgan fingerprint density at radius 2 is 2.08 bits per heavy atom. The molecule has 0 saturated carbocycles. The molecule has 1 aromatic heterocycles. The molecule has 2 aromatic rings. The van der Waals surface area contributed by atoms with Crippen molar-refractivity contribution < 1.29 is 9.90 Å². The molecule has 3 rings (SSSR count). The van der Waals surface area contributed by atoms with Gasteiger partial charge in [0.2, 0.25) is 5.91 Å². The Bertz CT molecular complexity index is 659. The summed E-state index contributed by atoms with van der Waals surface area (Å²) in [4.78, 5) is 17.6. The lowest BCUT2D eigenvalue weighted by atomic mass is 10.1. The molecule has 0 unspecified atom stereocenters. The van der Waals surface area contributed by atoms with E-state index in [9.17, 15) is 9.90 Å². The predicted molar refractivity (Wildman–Crippen MR) is 95.9 cm³/mol. The van der Waals surface area contributed by atoms with E-state index in [0.717, 1.165) is 57.4 Å². The average Bonchev–Trinajstić information content (AvgIpc) is 3.02. The van der Waals surface area contributed by atoms with E-state index in [-0.39, 0.29) is 12.0 Å². The van der Waals surface area contributed by atoms with E-state index in [4.69, 9.17) is 0 Å². The van der Waals surface area contributed by atoms with Crippen molar-refractivity contribution in [2.75, 3.05) is 26.2 Å². The molecule has 0 radical (unpaired) electrons. The normalized spacial score (nSPS) is 16.5. The van der Waals surface area contributed by atoms with Crippen LogP contribution in [0.15, 0.2) is 30.5 Å². The molecule has 1 saturated heterocycles. The molecule has 1 aliphatic rings. The lowest BCUT2D eigenvalue weighted by molar-refractivity contribution is -0.121. The molecule has 0 bridgehead atoms. The average molecular weight is 329 g/mol. The van der Waals surface area contributed by atoms with Crippen molar-refractivity contribution in [3.63, 3.8) is 0 Å². The fourth-order valence-corrected chi connectivity index (χ4v) is 3.35. The van der Waals surface area contributed by atoms with Crippen LogP contribution in [-0.2, 0) is 11.2 Å². The molecule has 5 heteroatoms. The molecule has 1 amide bonds. The third-order valence-corrected chi connectivity index (χ3v) is 4.83. The van der Waals surface area contributed by atoms with Crippen molar-refractivity contribution in [1.29, 1.82) is 0 Å². The van der Waals surface area contributed by atoms with Gasteiger partial charge in [-0.25, -0.2) is 0 Å². The van der Waals surface area contributed by atoms with E-state index >= 15 is 0 Å². The molecular formula is C19H27N3O2. The number of amides is 1. The quantitative estimate of drug-likeness (QED) is 0.681. The summed E-state index contributed by atoms with van der Waals surface area (Å²) in [7, 11) is 0. The first-order valence-corrected chi connectivity index (χ1v) is 8.94. The number of nitrogens with one attached hydrogen (secondary N) is 2. The van der Waals surface area contributed by atoms with Crippen LogP contribution in [0, 0.1) is 0 Å². The van der Waals surface area contributed by atoms with Gasteiger partial charge in [0.25, 0.3) is 0 Å². The SMILES string of the molecule is O=C(CCc1c[nH]c2ccccc12)NCCCN1CCC(O)CC1. The second kappa shape index (κ2) is 8.31. The molecule has 24 heavy (non-hydrogen) atoms. The number of aromatic nitrogens is 1. The lowest BCUT2D eigenvalue weighted by Gasteiger charge is -2.29. The van der Waals surface area contributed by atoms with Crippen LogP contribution in [0.3, 0.4) is 0 Å². The molecule has 1 aliphatic heterocycles. The predicted octanol–water partition coefficient (Wildman–Crippen LogP) is 2.06. The number of aliphatic hydroxyl groups is 1. The molecule has 3 N–H and O–H groups in total. The van der Waals surface area contributed by atoms with Crippen LogP contribution in [0.1, 0.15) is 31.2 Å². The fraction of sp³-hybridized carbons (Fsp3) is 0.526. The first-order valence-electron chi connectivity index (χ1n) is 8.94. The summed E-state index contributed by atoms with van der Waals surface area (Å²) < 4.78 is 0. The van der Waals surface area contributed by atoms with Crippen LogP contribution in [0.4, 0.5) is 0 Å². The maximum absolute atomic E-state index is 12.0. The van der Waals surface area contributed by atoms with E-state index in [0.29, 0.717) is 6.42 Å². The number of rotatable bonds is 7. The maximum Gasteiger partial charge on any atom is 0.220 e. The van der Waals surface area contributed by atoms with Crippen LogP contribution < -0.4 is 5.32 Å². The minimum Gasteiger partial charge on any atom is -0.393 e. The van der Waals surface area contributed by atoms with Crippen LogP contribution >= 0.6 is 0 Å². The van der Waals surface area contributed by atoms with Gasteiger partial charge in [0, 0.05) is 43.2 Å². The zero-order chi connectivity index (χ0) is 16.8. The summed E-state index contributed by atoms with van der Waals surface area (Å²) in [5.41, 5.74) is 2.33. The third kappa shape index (κ3) is 4.58. The van der Waals surface area contributed by atoms with Crippen molar-refractivity contribution in [2.45, 2.75) is 38.2 Å². The number of carbonyl (C=O) groups excluding carboxylic acids is 1. The number of benzene rings is 1. The molecule has 0 atom stereocenters. The molecular weight excluding hydrogens is 302 g/mol. The Balaban J connectivity index is 1.33. The van der Waals surface area contributed by atoms with Gasteiger partial charge < -0.3 is 20.3 Å². The number of aromatic amines is 1. The van der Waals surface area contributed by atoms with Gasteiger partial charge in [0.05, 0.1) is 6.10 Å². The highest BCUT2D eigenvalue weighted by molar-refractivity contribution is 5.84. The molecule has 5 nitrogen and oxygen atoms in total. The number of piperidine rings is 1. The van der Waals surface area contributed by atoms with Gasteiger partial charge >= 0.3 is 0 Å². The number of aryl methyl sites for hydroxylation is 1. The number of carbonyl (C=O) groups is 1. The minimum absolute atomic E-state index is 0.120. The van der Waals surface area contributed by atoms with Crippen molar-refractivity contribution >= 4 is 16.8 Å². The zero-order valence-corrected chi connectivity index (χ0v) is 14.1. The number of nitrogens with zero attached hydrogens (tertiary/aromatic N) is 1. The van der Waals surface area contributed by atoms with Gasteiger partial charge in [-0.05, 0) is 43.9 Å². The Kier molecular flexibility index (Phi) is 5.88. The van der Waals surface area contributed by atoms with Gasteiger partial charge in [-0.15, -0.1) is 0 Å². The van der Waals surface area contributed by atoms with Crippen molar-refractivity contribution in [3.8, 4) is 0 Å². The van der Waals surface area contributed by atoms with Gasteiger partial charge in [-0.3, -0.25) is 4.79 Å². The Morgan fingerprint density at radius 1 is 1.29 bits per heavy atom. The van der Waals surface area contributed by atoms with Gasteiger partial charge in [-0.1, -0.05) is 18.2 Å². The molecule has 1 aromatic carbocycles. The molecule has 2 heterocycles. The minimum atomic E-state index is -0.120. The molecule has 1 fully saturated rings. The third-order valence-electron chi connectivity index (χ3n) is 4.83. The van der Waals surface area contributed by atoms with Crippen molar-refractivity contribution in [1.82, 2.24) is 15.2 Å². The van der Waals surface area contributed by atoms with Crippen LogP contribution in [0.25, 0.3) is 10.9 Å². The van der Waals surface area contributed by atoms with Crippen LogP contribution in [-0.4, -0.2) is 53.2 Å². The standard InChI is InChI=1S/C19H27N3O2/c23-16-8-12-22(13-9-16)11-3-10-20-19(24)7-6-15-14-21-18-5-2-1-4-17(15)18/h1-2,4-5,14,16,21,23H,3,6-13H2,(H,20,24). The van der Waals surface area contributed by atoms with Crippen LogP contribution in [0.2, 0.25) is 0 Å².